The van der Waals surface area contributed by atoms with E-state index in [0.717, 1.165) is 29.2 Å². The molecule has 0 aliphatic rings. The van der Waals surface area contributed by atoms with Crippen molar-refractivity contribution in [1.82, 2.24) is 10.3 Å². The summed E-state index contributed by atoms with van der Waals surface area (Å²) < 4.78 is 12.9. The minimum Gasteiger partial charge on any atom is -0.311 e. The molecule has 1 aromatic carbocycles. The number of rotatable bonds is 6. The van der Waals surface area contributed by atoms with Crippen LogP contribution >= 0.6 is 11.3 Å². The largest absolute Gasteiger partial charge is 0.311 e. The van der Waals surface area contributed by atoms with Crippen molar-refractivity contribution < 1.29 is 4.39 Å². The van der Waals surface area contributed by atoms with Crippen molar-refractivity contribution in [3.8, 4) is 10.6 Å². The number of halogens is 1. The minimum absolute atomic E-state index is 0.220. The average molecular weight is 304 g/mol. The van der Waals surface area contributed by atoms with Crippen molar-refractivity contribution in [3.05, 3.63) is 46.7 Å². The maximum atomic E-state index is 12.9. The fourth-order valence-electron chi connectivity index (χ4n) is 1.96. The van der Waals surface area contributed by atoms with Crippen LogP contribution in [0.4, 0.5) is 4.39 Å². The molecule has 1 unspecified atom stereocenters. The summed E-state index contributed by atoms with van der Waals surface area (Å²) in [6.45, 7) is 7.46. The van der Waals surface area contributed by atoms with Gasteiger partial charge in [0.25, 0.3) is 0 Å². The van der Waals surface area contributed by atoms with Gasteiger partial charge in [0, 0.05) is 17.0 Å². The Morgan fingerprint density at radius 2 is 2.10 bits per heavy atom. The number of thiazole rings is 1. The second-order valence-electron chi connectivity index (χ2n) is 5.15. The lowest BCUT2D eigenvalue weighted by Gasteiger charge is -2.13. The predicted molar refractivity (Wildman–Crippen MR) is 88.9 cm³/mol. The zero-order valence-electron chi connectivity index (χ0n) is 12.7. The van der Waals surface area contributed by atoms with Crippen molar-refractivity contribution in [2.75, 3.05) is 6.54 Å². The van der Waals surface area contributed by atoms with Crippen LogP contribution in [0.15, 0.2) is 35.2 Å². The van der Waals surface area contributed by atoms with E-state index in [1.165, 1.54) is 17.7 Å². The molecule has 1 atom stereocenters. The number of hydrogen-bond donors (Lipinski definition) is 1. The predicted octanol–water partition coefficient (Wildman–Crippen LogP) is 4.74. The Balaban J connectivity index is 2.10. The Morgan fingerprint density at radius 1 is 1.38 bits per heavy atom. The summed E-state index contributed by atoms with van der Waals surface area (Å²) in [5, 5.41) is 6.42. The Labute approximate surface area is 129 Å². The molecule has 0 spiro atoms. The second-order valence-corrected chi connectivity index (χ2v) is 6.01. The molecule has 0 amide bonds. The molecule has 21 heavy (non-hydrogen) atoms. The molecular formula is C17H21FN2S. The van der Waals surface area contributed by atoms with Crippen molar-refractivity contribution in [2.24, 2.45) is 0 Å². The molecule has 1 aromatic heterocycles. The molecule has 0 aliphatic carbocycles. The van der Waals surface area contributed by atoms with Crippen LogP contribution in [0.5, 0.6) is 0 Å². The molecule has 0 saturated heterocycles. The minimum atomic E-state index is -0.220. The van der Waals surface area contributed by atoms with Crippen LogP contribution in [0.1, 0.15) is 32.9 Å². The SMILES string of the molecule is CCCNC(C)/C(C)=C/c1csc(-c2ccc(F)cc2)n1. The number of aromatic nitrogens is 1. The van der Waals surface area contributed by atoms with Crippen molar-refractivity contribution >= 4 is 17.4 Å². The van der Waals surface area contributed by atoms with Gasteiger partial charge >= 0.3 is 0 Å². The van der Waals surface area contributed by atoms with E-state index < -0.39 is 0 Å². The van der Waals surface area contributed by atoms with Gasteiger partial charge in [0.05, 0.1) is 5.69 Å². The zero-order valence-corrected chi connectivity index (χ0v) is 13.5. The average Bonchev–Trinajstić information content (AvgIpc) is 2.93. The van der Waals surface area contributed by atoms with E-state index in [1.54, 1.807) is 23.5 Å². The van der Waals surface area contributed by atoms with Gasteiger partial charge in [0.15, 0.2) is 0 Å². The summed E-state index contributed by atoms with van der Waals surface area (Å²) in [5.74, 6) is -0.220. The molecule has 0 fully saturated rings. The number of hydrogen-bond acceptors (Lipinski definition) is 3. The van der Waals surface area contributed by atoms with Gasteiger partial charge < -0.3 is 5.32 Å². The topological polar surface area (TPSA) is 24.9 Å². The maximum absolute atomic E-state index is 12.9. The Bertz CT molecular complexity index is 602. The van der Waals surface area contributed by atoms with Crippen LogP contribution in [-0.4, -0.2) is 17.6 Å². The Morgan fingerprint density at radius 3 is 2.76 bits per heavy atom. The quantitative estimate of drug-likeness (QED) is 0.833. The first kappa shape index (κ1) is 15.9. The van der Waals surface area contributed by atoms with Crippen molar-refractivity contribution in [2.45, 2.75) is 33.2 Å². The van der Waals surface area contributed by atoms with E-state index in [4.69, 9.17) is 0 Å². The van der Waals surface area contributed by atoms with Gasteiger partial charge in [-0.3, -0.25) is 0 Å². The molecule has 0 aliphatic heterocycles. The van der Waals surface area contributed by atoms with E-state index in [2.05, 4.69) is 37.1 Å². The monoisotopic (exact) mass is 304 g/mol. The summed E-state index contributed by atoms with van der Waals surface area (Å²) in [6.07, 6.45) is 3.24. The second kappa shape index (κ2) is 7.48. The van der Waals surface area contributed by atoms with Crippen LogP contribution in [0, 0.1) is 5.82 Å². The highest BCUT2D eigenvalue weighted by molar-refractivity contribution is 7.13. The molecule has 1 heterocycles. The van der Waals surface area contributed by atoms with Gasteiger partial charge in [-0.1, -0.05) is 12.5 Å². The highest BCUT2D eigenvalue weighted by Crippen LogP contribution is 2.25. The van der Waals surface area contributed by atoms with Crippen LogP contribution in [0.2, 0.25) is 0 Å². The highest BCUT2D eigenvalue weighted by atomic mass is 32.1. The summed E-state index contributed by atoms with van der Waals surface area (Å²) in [5.41, 5.74) is 3.18. The molecule has 2 rings (SSSR count). The third-order valence-electron chi connectivity index (χ3n) is 3.37. The normalized spacial score (nSPS) is 13.4. The van der Waals surface area contributed by atoms with Gasteiger partial charge in [0.1, 0.15) is 10.8 Å². The summed E-state index contributed by atoms with van der Waals surface area (Å²) in [6, 6.07) is 6.81. The van der Waals surface area contributed by atoms with Crippen molar-refractivity contribution in [3.63, 3.8) is 0 Å². The lowest BCUT2D eigenvalue weighted by atomic mass is 10.1. The summed E-state index contributed by atoms with van der Waals surface area (Å²) >= 11 is 1.58. The molecule has 4 heteroatoms. The molecule has 0 radical (unpaired) electrons. The van der Waals surface area contributed by atoms with Crippen LogP contribution in [0.3, 0.4) is 0 Å². The summed E-state index contributed by atoms with van der Waals surface area (Å²) in [4.78, 5) is 4.60. The first-order valence-corrected chi connectivity index (χ1v) is 8.11. The van der Waals surface area contributed by atoms with Crippen LogP contribution in [-0.2, 0) is 0 Å². The summed E-state index contributed by atoms with van der Waals surface area (Å²) in [7, 11) is 0. The maximum Gasteiger partial charge on any atom is 0.124 e. The van der Waals surface area contributed by atoms with Gasteiger partial charge in [-0.2, -0.15) is 0 Å². The lowest BCUT2D eigenvalue weighted by Crippen LogP contribution is -2.27. The molecule has 2 aromatic rings. The van der Waals surface area contributed by atoms with E-state index in [-0.39, 0.29) is 5.82 Å². The Kier molecular flexibility index (Phi) is 5.65. The number of benzene rings is 1. The third-order valence-corrected chi connectivity index (χ3v) is 4.28. The molecule has 0 bridgehead atoms. The highest BCUT2D eigenvalue weighted by Gasteiger charge is 2.06. The van der Waals surface area contributed by atoms with E-state index in [9.17, 15) is 4.39 Å². The standard InChI is InChI=1S/C17H21FN2S/c1-4-9-19-13(3)12(2)10-16-11-21-17(20-16)14-5-7-15(18)8-6-14/h5-8,10-11,13,19H,4,9H2,1-3H3/b12-10+. The molecule has 0 saturated carbocycles. The smallest absolute Gasteiger partial charge is 0.124 e. The van der Waals surface area contributed by atoms with Crippen LogP contribution < -0.4 is 5.32 Å². The molecule has 2 nitrogen and oxygen atoms in total. The van der Waals surface area contributed by atoms with E-state index >= 15 is 0 Å². The number of nitrogens with one attached hydrogen (secondary N) is 1. The molecule has 1 N–H and O–H groups in total. The van der Waals surface area contributed by atoms with Crippen molar-refractivity contribution in [1.29, 1.82) is 0 Å². The van der Waals surface area contributed by atoms with Gasteiger partial charge in [0.2, 0.25) is 0 Å². The van der Waals surface area contributed by atoms with Gasteiger partial charge in [-0.15, -0.1) is 11.3 Å². The Hall–Kier alpha value is -1.52. The zero-order chi connectivity index (χ0) is 15.2. The first-order valence-electron chi connectivity index (χ1n) is 7.23. The fraction of sp³-hybridized carbons (Fsp3) is 0.353. The number of nitrogens with zero attached hydrogens (tertiary/aromatic N) is 1. The third kappa shape index (κ3) is 4.48. The van der Waals surface area contributed by atoms with E-state index in [1.807, 2.05) is 5.38 Å². The van der Waals surface area contributed by atoms with Crippen LogP contribution in [0.25, 0.3) is 16.6 Å². The molecular weight excluding hydrogens is 283 g/mol. The first-order chi connectivity index (χ1) is 10.1. The lowest BCUT2D eigenvalue weighted by molar-refractivity contribution is 0.604. The molecule has 112 valence electrons. The fourth-order valence-corrected chi connectivity index (χ4v) is 2.74. The van der Waals surface area contributed by atoms with E-state index in [0.29, 0.717) is 6.04 Å². The van der Waals surface area contributed by atoms with Gasteiger partial charge in [-0.05, 0) is 57.2 Å². The van der Waals surface area contributed by atoms with Gasteiger partial charge in [-0.25, -0.2) is 9.37 Å².